The highest BCUT2D eigenvalue weighted by atomic mass is 127. The molecule has 1 aromatic carbocycles. The number of nitrogens with two attached hydrogens (primary N) is 1. The van der Waals surface area contributed by atoms with Crippen LogP contribution in [0.3, 0.4) is 0 Å². The summed E-state index contributed by atoms with van der Waals surface area (Å²) >= 11 is 0. The standard InChI is InChI=1S/C17H29N3O2.HI/c1-13(12-21-5)20-16(18)19-10-11-22-15-9-7-6-8-14(15)17(2,3)4;/h6-9,13H,10-12H2,1-5H3,(H3,18,19,20);1H. The molecule has 5 nitrogen and oxygen atoms in total. The van der Waals surface area contributed by atoms with Crippen LogP contribution in [-0.4, -0.2) is 38.9 Å². The van der Waals surface area contributed by atoms with Crippen molar-refractivity contribution in [3.8, 4) is 5.75 Å². The molecule has 1 aromatic rings. The summed E-state index contributed by atoms with van der Waals surface area (Å²) < 4.78 is 10.9. The zero-order valence-corrected chi connectivity index (χ0v) is 17.1. The van der Waals surface area contributed by atoms with Crippen LogP contribution in [0.25, 0.3) is 0 Å². The predicted octanol–water partition coefficient (Wildman–Crippen LogP) is 2.92. The van der Waals surface area contributed by atoms with Crippen molar-refractivity contribution >= 4 is 29.9 Å². The summed E-state index contributed by atoms with van der Waals surface area (Å²) in [6.45, 7) is 10.1. The molecule has 0 amide bonds. The van der Waals surface area contributed by atoms with Crippen LogP contribution in [0, 0.1) is 0 Å². The molecule has 1 rings (SSSR count). The number of ether oxygens (including phenoxy) is 2. The van der Waals surface area contributed by atoms with Crippen LogP contribution in [0.5, 0.6) is 5.75 Å². The quantitative estimate of drug-likeness (QED) is 0.299. The number of guanidine groups is 1. The van der Waals surface area contributed by atoms with Gasteiger partial charge < -0.3 is 20.5 Å². The number of nitrogens with one attached hydrogen (secondary N) is 1. The summed E-state index contributed by atoms with van der Waals surface area (Å²) in [6.07, 6.45) is 0. The molecule has 0 aromatic heterocycles. The molecule has 1 unspecified atom stereocenters. The SMILES string of the molecule is COCC(C)NC(N)=NCCOc1ccccc1C(C)(C)C.I. The molecule has 0 aliphatic rings. The molecule has 0 saturated carbocycles. The van der Waals surface area contributed by atoms with Crippen molar-refractivity contribution in [2.45, 2.75) is 39.2 Å². The van der Waals surface area contributed by atoms with Gasteiger partial charge in [0, 0.05) is 13.2 Å². The topological polar surface area (TPSA) is 68.9 Å². The van der Waals surface area contributed by atoms with Crippen LogP contribution in [-0.2, 0) is 10.2 Å². The van der Waals surface area contributed by atoms with Crippen molar-refractivity contribution < 1.29 is 9.47 Å². The predicted molar refractivity (Wildman–Crippen MR) is 107 cm³/mol. The average Bonchev–Trinajstić information content (AvgIpc) is 2.43. The van der Waals surface area contributed by atoms with Crippen LogP contribution in [0.4, 0.5) is 0 Å². The Morgan fingerprint density at radius 2 is 1.96 bits per heavy atom. The van der Waals surface area contributed by atoms with Gasteiger partial charge in [-0.05, 0) is 24.0 Å². The number of hydrogen-bond acceptors (Lipinski definition) is 3. The molecule has 0 spiro atoms. The number of methoxy groups -OCH3 is 1. The van der Waals surface area contributed by atoms with Crippen molar-refractivity contribution in [2.24, 2.45) is 10.7 Å². The summed E-state index contributed by atoms with van der Waals surface area (Å²) in [5.74, 6) is 1.32. The van der Waals surface area contributed by atoms with Crippen molar-refractivity contribution in [1.29, 1.82) is 0 Å². The van der Waals surface area contributed by atoms with Crippen molar-refractivity contribution in [1.82, 2.24) is 5.32 Å². The van der Waals surface area contributed by atoms with Crippen LogP contribution in [0.15, 0.2) is 29.3 Å². The molecule has 0 heterocycles. The lowest BCUT2D eigenvalue weighted by molar-refractivity contribution is 0.179. The lowest BCUT2D eigenvalue weighted by Gasteiger charge is -2.22. The maximum atomic E-state index is 5.85. The third kappa shape index (κ3) is 8.41. The Balaban J connectivity index is 0.00000484. The van der Waals surface area contributed by atoms with E-state index in [2.05, 4.69) is 37.1 Å². The Morgan fingerprint density at radius 1 is 1.30 bits per heavy atom. The summed E-state index contributed by atoms with van der Waals surface area (Å²) in [6, 6.07) is 8.24. The minimum absolute atomic E-state index is 0. The molecule has 0 bridgehead atoms. The molecule has 0 radical (unpaired) electrons. The third-order valence-electron chi connectivity index (χ3n) is 3.14. The molecular formula is C17H30IN3O2. The normalized spacial score (nSPS) is 13.2. The van der Waals surface area contributed by atoms with E-state index >= 15 is 0 Å². The molecule has 0 fully saturated rings. The van der Waals surface area contributed by atoms with Gasteiger partial charge in [-0.1, -0.05) is 39.0 Å². The Bertz CT molecular complexity index is 487. The van der Waals surface area contributed by atoms with Crippen LogP contribution < -0.4 is 15.8 Å². The van der Waals surface area contributed by atoms with Gasteiger partial charge in [0.1, 0.15) is 12.4 Å². The first-order valence-electron chi connectivity index (χ1n) is 7.62. The Morgan fingerprint density at radius 3 is 2.57 bits per heavy atom. The average molecular weight is 435 g/mol. The first kappa shape index (κ1) is 22.0. The van der Waals surface area contributed by atoms with Gasteiger partial charge in [0.15, 0.2) is 5.96 Å². The van der Waals surface area contributed by atoms with Gasteiger partial charge in [0.2, 0.25) is 0 Å². The van der Waals surface area contributed by atoms with Gasteiger partial charge in [-0.3, -0.25) is 0 Å². The molecular weight excluding hydrogens is 405 g/mol. The Labute approximate surface area is 157 Å². The number of aliphatic imine (C=N–C) groups is 1. The Kier molecular flexibility index (Phi) is 10.2. The van der Waals surface area contributed by atoms with E-state index in [1.54, 1.807) is 7.11 Å². The zero-order valence-electron chi connectivity index (χ0n) is 14.8. The fourth-order valence-corrected chi connectivity index (χ4v) is 2.12. The highest BCUT2D eigenvalue weighted by molar-refractivity contribution is 14.0. The fourth-order valence-electron chi connectivity index (χ4n) is 2.12. The third-order valence-corrected chi connectivity index (χ3v) is 3.14. The second-order valence-corrected chi connectivity index (χ2v) is 6.36. The minimum atomic E-state index is 0. The molecule has 6 heteroatoms. The monoisotopic (exact) mass is 435 g/mol. The van der Waals surface area contributed by atoms with E-state index in [0.29, 0.717) is 25.7 Å². The Hall–Kier alpha value is -1.02. The van der Waals surface area contributed by atoms with Gasteiger partial charge in [0.25, 0.3) is 0 Å². The molecule has 3 N–H and O–H groups in total. The lowest BCUT2D eigenvalue weighted by Crippen LogP contribution is -2.40. The van der Waals surface area contributed by atoms with E-state index in [1.165, 1.54) is 5.56 Å². The van der Waals surface area contributed by atoms with Gasteiger partial charge in [-0.15, -0.1) is 24.0 Å². The summed E-state index contributed by atoms with van der Waals surface area (Å²) in [5, 5.41) is 3.06. The summed E-state index contributed by atoms with van der Waals surface area (Å²) in [4.78, 5) is 4.26. The van der Waals surface area contributed by atoms with Gasteiger partial charge in [0.05, 0.1) is 13.2 Å². The second-order valence-electron chi connectivity index (χ2n) is 6.36. The second kappa shape index (κ2) is 10.7. The zero-order chi connectivity index (χ0) is 16.6. The first-order chi connectivity index (χ1) is 10.3. The van der Waals surface area contributed by atoms with Crippen LogP contribution in [0.1, 0.15) is 33.3 Å². The number of halogens is 1. The largest absolute Gasteiger partial charge is 0.491 e. The van der Waals surface area contributed by atoms with E-state index in [-0.39, 0.29) is 35.4 Å². The van der Waals surface area contributed by atoms with E-state index in [4.69, 9.17) is 15.2 Å². The number of benzene rings is 1. The van der Waals surface area contributed by atoms with Gasteiger partial charge in [-0.2, -0.15) is 0 Å². The maximum Gasteiger partial charge on any atom is 0.188 e. The summed E-state index contributed by atoms with van der Waals surface area (Å²) in [7, 11) is 1.66. The molecule has 0 aliphatic heterocycles. The lowest BCUT2D eigenvalue weighted by atomic mass is 9.86. The molecule has 1 atom stereocenters. The minimum Gasteiger partial charge on any atom is -0.491 e. The smallest absolute Gasteiger partial charge is 0.188 e. The van der Waals surface area contributed by atoms with Crippen molar-refractivity contribution in [2.75, 3.05) is 26.9 Å². The number of para-hydroxylation sites is 1. The highest BCUT2D eigenvalue weighted by Crippen LogP contribution is 2.30. The number of hydrogen-bond donors (Lipinski definition) is 2. The fraction of sp³-hybridized carbons (Fsp3) is 0.588. The van der Waals surface area contributed by atoms with E-state index in [1.807, 2.05) is 25.1 Å². The van der Waals surface area contributed by atoms with Crippen LogP contribution in [0.2, 0.25) is 0 Å². The number of rotatable bonds is 7. The maximum absolute atomic E-state index is 5.85. The summed E-state index contributed by atoms with van der Waals surface area (Å²) in [5.41, 5.74) is 7.06. The highest BCUT2D eigenvalue weighted by Gasteiger charge is 2.18. The first-order valence-corrected chi connectivity index (χ1v) is 7.62. The van der Waals surface area contributed by atoms with Crippen molar-refractivity contribution in [3.63, 3.8) is 0 Å². The van der Waals surface area contributed by atoms with Crippen LogP contribution >= 0.6 is 24.0 Å². The molecule has 0 saturated heterocycles. The molecule has 132 valence electrons. The van der Waals surface area contributed by atoms with Gasteiger partial charge in [-0.25, -0.2) is 4.99 Å². The van der Waals surface area contributed by atoms with E-state index in [0.717, 1.165) is 5.75 Å². The molecule has 0 aliphatic carbocycles. The van der Waals surface area contributed by atoms with Crippen molar-refractivity contribution in [3.05, 3.63) is 29.8 Å². The van der Waals surface area contributed by atoms with E-state index in [9.17, 15) is 0 Å². The van der Waals surface area contributed by atoms with E-state index < -0.39 is 0 Å². The van der Waals surface area contributed by atoms with Gasteiger partial charge >= 0.3 is 0 Å². The number of nitrogens with zero attached hydrogens (tertiary/aromatic N) is 1. The molecule has 23 heavy (non-hydrogen) atoms.